The van der Waals surface area contributed by atoms with Crippen LogP contribution in [-0.4, -0.2) is 49.2 Å². The van der Waals surface area contributed by atoms with Crippen LogP contribution < -0.4 is 0 Å². The van der Waals surface area contributed by atoms with Gasteiger partial charge >= 0.3 is 0 Å². The number of likely N-dealkylation sites (tertiary alicyclic amines) is 1. The van der Waals surface area contributed by atoms with Crippen LogP contribution in [0.4, 0.5) is 0 Å². The van der Waals surface area contributed by atoms with Crippen LogP contribution in [-0.2, 0) is 11.3 Å². The number of aryl methyl sites for hydroxylation is 1. The zero-order valence-corrected chi connectivity index (χ0v) is 13.8. The lowest BCUT2D eigenvalue weighted by Gasteiger charge is -2.23. The number of nitrogens with zero attached hydrogens (tertiary/aromatic N) is 6. The SMILES string of the molecule is CO[C@@H]1C[C@@H](c2nnc3cnccn23)N(Cc2cnccc2C)C1. The molecule has 0 radical (unpaired) electrons. The number of hydrogen-bond acceptors (Lipinski definition) is 6. The summed E-state index contributed by atoms with van der Waals surface area (Å²) in [4.78, 5) is 10.8. The molecule has 7 nitrogen and oxygen atoms in total. The van der Waals surface area contributed by atoms with Gasteiger partial charge in [0.1, 0.15) is 0 Å². The molecular formula is C17H20N6O. The molecule has 0 bridgehead atoms. The van der Waals surface area contributed by atoms with Crippen molar-refractivity contribution in [2.45, 2.75) is 32.0 Å². The molecule has 2 atom stereocenters. The lowest BCUT2D eigenvalue weighted by atomic mass is 10.1. The van der Waals surface area contributed by atoms with Crippen molar-refractivity contribution in [3.05, 3.63) is 54.0 Å². The van der Waals surface area contributed by atoms with Gasteiger partial charge in [-0.25, -0.2) is 0 Å². The summed E-state index contributed by atoms with van der Waals surface area (Å²) in [5.74, 6) is 0.938. The minimum atomic E-state index is 0.159. The second kappa shape index (κ2) is 6.26. The fourth-order valence-electron chi connectivity index (χ4n) is 3.36. The van der Waals surface area contributed by atoms with Gasteiger partial charge in [0.15, 0.2) is 11.5 Å². The molecular weight excluding hydrogens is 304 g/mol. The molecule has 0 amide bonds. The zero-order chi connectivity index (χ0) is 16.5. The molecule has 4 rings (SSSR count). The van der Waals surface area contributed by atoms with E-state index in [1.54, 1.807) is 19.5 Å². The van der Waals surface area contributed by atoms with Crippen LogP contribution in [0.5, 0.6) is 0 Å². The summed E-state index contributed by atoms with van der Waals surface area (Å²) < 4.78 is 7.64. The van der Waals surface area contributed by atoms with Gasteiger partial charge in [0.05, 0.1) is 18.3 Å². The van der Waals surface area contributed by atoms with Crippen LogP contribution in [0.3, 0.4) is 0 Å². The Morgan fingerprint density at radius 2 is 2.08 bits per heavy atom. The summed E-state index contributed by atoms with van der Waals surface area (Å²) in [6.45, 7) is 3.81. The second-order valence-electron chi connectivity index (χ2n) is 6.20. The maximum Gasteiger partial charge on any atom is 0.179 e. The first-order chi connectivity index (χ1) is 11.8. The Balaban J connectivity index is 1.68. The molecule has 0 spiro atoms. The Bertz CT molecular complexity index is 848. The molecule has 0 aliphatic carbocycles. The van der Waals surface area contributed by atoms with Crippen molar-refractivity contribution in [3.8, 4) is 0 Å². The molecule has 1 aliphatic heterocycles. The number of hydrogen-bond donors (Lipinski definition) is 0. The average Bonchev–Trinajstić information content (AvgIpc) is 3.20. The predicted octanol–water partition coefficient (Wildman–Crippen LogP) is 1.79. The Morgan fingerprint density at radius 1 is 1.21 bits per heavy atom. The topological polar surface area (TPSA) is 68.4 Å². The van der Waals surface area contributed by atoms with Crippen molar-refractivity contribution in [2.24, 2.45) is 0 Å². The lowest BCUT2D eigenvalue weighted by molar-refractivity contribution is 0.107. The highest BCUT2D eigenvalue weighted by Gasteiger charge is 2.36. The van der Waals surface area contributed by atoms with Crippen molar-refractivity contribution in [1.29, 1.82) is 0 Å². The van der Waals surface area contributed by atoms with Crippen LogP contribution in [0.2, 0.25) is 0 Å². The number of aromatic nitrogens is 5. The van der Waals surface area contributed by atoms with E-state index >= 15 is 0 Å². The minimum absolute atomic E-state index is 0.159. The van der Waals surface area contributed by atoms with E-state index in [2.05, 4.69) is 32.0 Å². The van der Waals surface area contributed by atoms with E-state index in [9.17, 15) is 0 Å². The maximum absolute atomic E-state index is 5.62. The van der Waals surface area contributed by atoms with Crippen molar-refractivity contribution in [2.75, 3.05) is 13.7 Å². The van der Waals surface area contributed by atoms with Gasteiger partial charge in [0.2, 0.25) is 0 Å². The van der Waals surface area contributed by atoms with Crippen molar-refractivity contribution in [1.82, 2.24) is 29.5 Å². The molecule has 0 saturated carbocycles. The molecule has 0 unspecified atom stereocenters. The minimum Gasteiger partial charge on any atom is -0.380 e. The molecule has 0 aromatic carbocycles. The highest BCUT2D eigenvalue weighted by Crippen LogP contribution is 2.34. The van der Waals surface area contributed by atoms with E-state index in [1.807, 2.05) is 29.1 Å². The fraction of sp³-hybridized carbons (Fsp3) is 0.412. The van der Waals surface area contributed by atoms with E-state index in [0.717, 1.165) is 31.0 Å². The molecule has 7 heteroatoms. The van der Waals surface area contributed by atoms with Gasteiger partial charge in [0, 0.05) is 45.0 Å². The van der Waals surface area contributed by atoms with Crippen LogP contribution in [0.15, 0.2) is 37.1 Å². The number of rotatable bonds is 4. The van der Waals surface area contributed by atoms with Gasteiger partial charge in [-0.05, 0) is 30.5 Å². The Labute approximate surface area is 140 Å². The number of fused-ring (bicyclic) bond motifs is 1. The third kappa shape index (κ3) is 2.65. The monoisotopic (exact) mass is 324 g/mol. The normalized spacial score (nSPS) is 21.6. The standard InChI is InChI=1S/C17H20N6O/c1-12-3-4-18-8-13(12)10-22-11-14(24-2)7-15(22)17-21-20-16-9-19-5-6-23(16)17/h3-6,8-9,14-15H,7,10-11H2,1-2H3/t14-,15+/m1/s1. The summed E-state index contributed by atoms with van der Waals surface area (Å²) in [6.07, 6.45) is 10.3. The van der Waals surface area contributed by atoms with Crippen molar-refractivity contribution >= 4 is 5.65 Å². The van der Waals surface area contributed by atoms with Gasteiger partial charge in [-0.3, -0.25) is 19.3 Å². The van der Waals surface area contributed by atoms with Gasteiger partial charge in [-0.2, -0.15) is 0 Å². The maximum atomic E-state index is 5.62. The number of methoxy groups -OCH3 is 1. The van der Waals surface area contributed by atoms with Crippen LogP contribution in [0, 0.1) is 6.92 Å². The van der Waals surface area contributed by atoms with Crippen LogP contribution in [0.1, 0.15) is 29.4 Å². The van der Waals surface area contributed by atoms with Crippen LogP contribution >= 0.6 is 0 Å². The fourth-order valence-corrected chi connectivity index (χ4v) is 3.36. The van der Waals surface area contributed by atoms with Gasteiger partial charge in [-0.1, -0.05) is 0 Å². The summed E-state index contributed by atoms with van der Waals surface area (Å²) in [5.41, 5.74) is 3.25. The molecule has 124 valence electrons. The molecule has 1 aliphatic rings. The van der Waals surface area contributed by atoms with E-state index in [-0.39, 0.29) is 12.1 Å². The highest BCUT2D eigenvalue weighted by molar-refractivity contribution is 5.34. The molecule has 1 fully saturated rings. The van der Waals surface area contributed by atoms with Crippen molar-refractivity contribution < 1.29 is 4.74 Å². The first kappa shape index (κ1) is 15.2. The first-order valence-electron chi connectivity index (χ1n) is 8.07. The third-order valence-electron chi connectivity index (χ3n) is 4.76. The molecule has 3 aromatic rings. The number of pyridine rings is 1. The second-order valence-corrected chi connectivity index (χ2v) is 6.20. The molecule has 3 aromatic heterocycles. The van der Waals surface area contributed by atoms with Gasteiger partial charge in [0.25, 0.3) is 0 Å². The summed E-state index contributed by atoms with van der Waals surface area (Å²) in [7, 11) is 1.77. The first-order valence-corrected chi connectivity index (χ1v) is 8.07. The quantitative estimate of drug-likeness (QED) is 0.729. The molecule has 4 heterocycles. The molecule has 24 heavy (non-hydrogen) atoms. The summed E-state index contributed by atoms with van der Waals surface area (Å²) in [6, 6.07) is 2.21. The van der Waals surface area contributed by atoms with E-state index in [1.165, 1.54) is 11.1 Å². The van der Waals surface area contributed by atoms with E-state index < -0.39 is 0 Å². The van der Waals surface area contributed by atoms with Crippen LogP contribution in [0.25, 0.3) is 5.65 Å². The smallest absolute Gasteiger partial charge is 0.179 e. The molecule has 1 saturated heterocycles. The average molecular weight is 324 g/mol. The Kier molecular flexibility index (Phi) is 3.95. The molecule has 0 N–H and O–H groups in total. The van der Waals surface area contributed by atoms with E-state index in [0.29, 0.717) is 0 Å². The largest absolute Gasteiger partial charge is 0.380 e. The zero-order valence-electron chi connectivity index (χ0n) is 13.8. The Hall–Kier alpha value is -2.38. The third-order valence-corrected chi connectivity index (χ3v) is 4.76. The predicted molar refractivity (Wildman–Crippen MR) is 88.3 cm³/mol. The summed E-state index contributed by atoms with van der Waals surface area (Å²) >= 11 is 0. The van der Waals surface area contributed by atoms with Gasteiger partial charge < -0.3 is 4.74 Å². The summed E-state index contributed by atoms with van der Waals surface area (Å²) in [5, 5.41) is 8.66. The van der Waals surface area contributed by atoms with Crippen molar-refractivity contribution in [3.63, 3.8) is 0 Å². The highest BCUT2D eigenvalue weighted by atomic mass is 16.5. The number of ether oxygens (including phenoxy) is 1. The lowest BCUT2D eigenvalue weighted by Crippen LogP contribution is -2.26. The Morgan fingerprint density at radius 3 is 2.92 bits per heavy atom. The van der Waals surface area contributed by atoms with Gasteiger partial charge in [-0.15, -0.1) is 10.2 Å². The van der Waals surface area contributed by atoms with E-state index in [4.69, 9.17) is 4.74 Å².